The zero-order chi connectivity index (χ0) is 15.4. The number of aromatic carboxylic acids is 1. The van der Waals surface area contributed by atoms with Crippen LogP contribution in [0.5, 0.6) is 0 Å². The van der Waals surface area contributed by atoms with Crippen molar-refractivity contribution in [2.75, 3.05) is 18.2 Å². The molecule has 0 aliphatic rings. The van der Waals surface area contributed by atoms with E-state index in [2.05, 4.69) is 5.32 Å². The van der Waals surface area contributed by atoms with E-state index in [9.17, 15) is 14.3 Å². The highest BCUT2D eigenvalue weighted by Gasteiger charge is 2.17. The van der Waals surface area contributed by atoms with Crippen LogP contribution < -0.4 is 11.1 Å². The van der Waals surface area contributed by atoms with Crippen LogP contribution in [0.15, 0.2) is 36.4 Å². The van der Waals surface area contributed by atoms with Crippen molar-refractivity contribution in [1.29, 1.82) is 0 Å². The summed E-state index contributed by atoms with van der Waals surface area (Å²) in [4.78, 5) is 11.2. The van der Waals surface area contributed by atoms with Gasteiger partial charge in [-0.05, 0) is 29.8 Å². The van der Waals surface area contributed by atoms with Gasteiger partial charge in [-0.15, -0.1) is 0 Å². The fraction of sp³-hybridized carbons (Fsp3) is 0.133. The van der Waals surface area contributed by atoms with Gasteiger partial charge in [0.15, 0.2) is 0 Å². The maximum absolute atomic E-state index is 13.4. The molecule has 2 rings (SSSR count). The fourth-order valence-corrected chi connectivity index (χ4v) is 1.99. The average Bonchev–Trinajstić information content (AvgIpc) is 2.43. The molecule has 21 heavy (non-hydrogen) atoms. The lowest BCUT2D eigenvalue weighted by Gasteiger charge is -2.13. The van der Waals surface area contributed by atoms with Crippen LogP contribution in [0.25, 0.3) is 0 Å². The molecule has 5 nitrogen and oxygen atoms in total. The number of anilines is 3. The second-order valence-electron chi connectivity index (χ2n) is 4.45. The van der Waals surface area contributed by atoms with E-state index in [1.54, 1.807) is 13.2 Å². The van der Waals surface area contributed by atoms with Crippen LogP contribution in [0.1, 0.15) is 15.9 Å². The van der Waals surface area contributed by atoms with Crippen molar-refractivity contribution in [2.45, 2.75) is 6.61 Å². The molecule has 0 fully saturated rings. The Morgan fingerprint density at radius 1 is 1.38 bits per heavy atom. The molecule has 0 amide bonds. The molecule has 6 heteroatoms. The van der Waals surface area contributed by atoms with Gasteiger partial charge in [-0.2, -0.15) is 0 Å². The van der Waals surface area contributed by atoms with Gasteiger partial charge in [0.25, 0.3) is 0 Å². The second kappa shape index (κ2) is 6.23. The number of methoxy groups -OCH3 is 1. The Kier molecular flexibility index (Phi) is 4.39. The lowest BCUT2D eigenvalue weighted by Crippen LogP contribution is -2.08. The first-order valence-corrected chi connectivity index (χ1v) is 6.19. The molecule has 2 aromatic rings. The van der Waals surface area contributed by atoms with Crippen LogP contribution in [-0.4, -0.2) is 18.2 Å². The van der Waals surface area contributed by atoms with Crippen molar-refractivity contribution in [2.24, 2.45) is 0 Å². The first-order valence-electron chi connectivity index (χ1n) is 6.19. The zero-order valence-electron chi connectivity index (χ0n) is 11.4. The number of nitrogens with two attached hydrogens (primary N) is 1. The van der Waals surface area contributed by atoms with Gasteiger partial charge in [0.2, 0.25) is 0 Å². The summed E-state index contributed by atoms with van der Waals surface area (Å²) in [6.07, 6.45) is 0. The molecule has 0 atom stereocenters. The molecule has 0 aliphatic carbocycles. The van der Waals surface area contributed by atoms with Crippen LogP contribution >= 0.6 is 0 Å². The highest BCUT2D eigenvalue weighted by atomic mass is 19.1. The van der Waals surface area contributed by atoms with Gasteiger partial charge in [0.05, 0.1) is 18.0 Å². The molecule has 2 aromatic carbocycles. The van der Waals surface area contributed by atoms with Crippen molar-refractivity contribution in [3.8, 4) is 0 Å². The number of halogens is 1. The van der Waals surface area contributed by atoms with Gasteiger partial charge < -0.3 is 20.9 Å². The maximum atomic E-state index is 13.4. The Morgan fingerprint density at radius 2 is 2.14 bits per heavy atom. The first kappa shape index (κ1) is 14.8. The minimum absolute atomic E-state index is 0.232. The number of carboxylic acid groups (broad SMARTS) is 1. The fourth-order valence-electron chi connectivity index (χ4n) is 1.99. The summed E-state index contributed by atoms with van der Waals surface area (Å²) < 4.78 is 18.4. The monoisotopic (exact) mass is 290 g/mol. The predicted molar refractivity (Wildman–Crippen MR) is 78.2 cm³/mol. The molecular formula is C15H15FN2O3. The summed E-state index contributed by atoms with van der Waals surface area (Å²) in [5, 5.41) is 12.1. The zero-order valence-corrected chi connectivity index (χ0v) is 11.4. The normalized spacial score (nSPS) is 10.4. The van der Waals surface area contributed by atoms with Crippen LogP contribution in [0, 0.1) is 5.82 Å². The first-order chi connectivity index (χ1) is 10.0. The van der Waals surface area contributed by atoms with E-state index < -0.39 is 11.8 Å². The third-order valence-electron chi connectivity index (χ3n) is 2.92. The molecule has 0 aliphatic heterocycles. The molecule has 0 saturated carbocycles. The van der Waals surface area contributed by atoms with Gasteiger partial charge in [0.1, 0.15) is 11.4 Å². The van der Waals surface area contributed by atoms with Crippen LogP contribution in [0.2, 0.25) is 0 Å². The van der Waals surface area contributed by atoms with Crippen LogP contribution in [0.3, 0.4) is 0 Å². The van der Waals surface area contributed by atoms with Crippen molar-refractivity contribution >= 4 is 23.0 Å². The Morgan fingerprint density at radius 3 is 2.81 bits per heavy atom. The second-order valence-corrected chi connectivity index (χ2v) is 4.45. The Bertz CT molecular complexity index is 674. The third-order valence-corrected chi connectivity index (χ3v) is 2.92. The Labute approximate surface area is 121 Å². The highest BCUT2D eigenvalue weighted by Crippen LogP contribution is 2.28. The molecule has 0 unspecified atom stereocenters. The van der Waals surface area contributed by atoms with Crippen molar-refractivity contribution in [1.82, 2.24) is 0 Å². The number of hydrogen-bond donors (Lipinski definition) is 3. The van der Waals surface area contributed by atoms with Gasteiger partial charge in [-0.3, -0.25) is 0 Å². The van der Waals surface area contributed by atoms with Crippen LogP contribution in [-0.2, 0) is 11.3 Å². The van der Waals surface area contributed by atoms with Gasteiger partial charge in [-0.25, -0.2) is 9.18 Å². The summed E-state index contributed by atoms with van der Waals surface area (Å²) in [7, 11) is 1.59. The van der Waals surface area contributed by atoms with E-state index in [0.717, 1.165) is 11.6 Å². The number of benzene rings is 2. The van der Waals surface area contributed by atoms with E-state index >= 15 is 0 Å². The van der Waals surface area contributed by atoms with Crippen molar-refractivity contribution in [3.05, 3.63) is 53.3 Å². The van der Waals surface area contributed by atoms with E-state index in [0.29, 0.717) is 12.3 Å². The number of nitrogen functional groups attached to an aromatic ring is 1. The summed E-state index contributed by atoms with van der Waals surface area (Å²) in [5.41, 5.74) is 6.65. The minimum atomic E-state index is -1.29. The number of ether oxygens (including phenoxy) is 1. The molecular weight excluding hydrogens is 275 g/mol. The Hall–Kier alpha value is -2.60. The van der Waals surface area contributed by atoms with E-state index in [1.165, 1.54) is 6.07 Å². The summed E-state index contributed by atoms with van der Waals surface area (Å²) in [6, 6.07) is 9.75. The standard InChI is InChI=1S/C15H15FN2O3/c1-21-8-9-3-2-4-10(7-9)18-12-6-5-11(16)14(17)13(12)15(19)20/h2-7,18H,8,17H2,1H3,(H,19,20). The molecule has 0 heterocycles. The molecule has 0 radical (unpaired) electrons. The van der Waals surface area contributed by atoms with E-state index in [1.807, 2.05) is 18.2 Å². The smallest absolute Gasteiger partial charge is 0.340 e. The van der Waals surface area contributed by atoms with Gasteiger partial charge in [0, 0.05) is 12.8 Å². The molecule has 0 spiro atoms. The van der Waals surface area contributed by atoms with Crippen molar-refractivity contribution in [3.63, 3.8) is 0 Å². The summed E-state index contributed by atoms with van der Waals surface area (Å²) >= 11 is 0. The molecule has 4 N–H and O–H groups in total. The molecule has 110 valence electrons. The Balaban J connectivity index is 2.37. The number of hydrogen-bond acceptors (Lipinski definition) is 4. The predicted octanol–water partition coefficient (Wildman–Crippen LogP) is 3.00. The van der Waals surface area contributed by atoms with E-state index in [-0.39, 0.29) is 16.9 Å². The highest BCUT2D eigenvalue weighted by molar-refractivity contribution is 6.00. The minimum Gasteiger partial charge on any atom is -0.478 e. The number of rotatable bonds is 5. The third kappa shape index (κ3) is 3.29. The number of nitrogens with one attached hydrogen (secondary N) is 1. The van der Waals surface area contributed by atoms with Gasteiger partial charge in [-0.1, -0.05) is 12.1 Å². The molecule has 0 aromatic heterocycles. The van der Waals surface area contributed by atoms with E-state index in [4.69, 9.17) is 10.5 Å². The molecule has 0 bridgehead atoms. The molecule has 0 saturated heterocycles. The summed E-state index contributed by atoms with van der Waals surface area (Å²) in [5.74, 6) is -2.05. The number of carbonyl (C=O) groups is 1. The summed E-state index contributed by atoms with van der Waals surface area (Å²) in [6.45, 7) is 0.437. The quantitative estimate of drug-likeness (QED) is 0.737. The van der Waals surface area contributed by atoms with Crippen LogP contribution in [0.4, 0.5) is 21.5 Å². The lowest BCUT2D eigenvalue weighted by molar-refractivity contribution is 0.0698. The van der Waals surface area contributed by atoms with Gasteiger partial charge >= 0.3 is 5.97 Å². The largest absolute Gasteiger partial charge is 0.478 e. The average molecular weight is 290 g/mol. The maximum Gasteiger partial charge on any atom is 0.340 e. The SMILES string of the molecule is COCc1cccc(Nc2ccc(F)c(N)c2C(=O)O)c1. The topological polar surface area (TPSA) is 84.6 Å². The lowest BCUT2D eigenvalue weighted by atomic mass is 10.1. The van der Waals surface area contributed by atoms with Crippen molar-refractivity contribution < 1.29 is 19.0 Å². The number of carboxylic acids is 1.